The zero-order chi connectivity index (χ0) is 16.0. The summed E-state index contributed by atoms with van der Waals surface area (Å²) in [5.74, 6) is 2.01. The second-order valence-electron chi connectivity index (χ2n) is 6.15. The number of fused-ring (bicyclic) bond motifs is 2. The van der Waals surface area contributed by atoms with Crippen molar-refractivity contribution in [3.05, 3.63) is 77.4 Å². The Morgan fingerprint density at radius 2 is 1.39 bits per heavy atom. The Balaban J connectivity index is 2.00. The Morgan fingerprint density at radius 3 is 2.17 bits per heavy atom. The predicted octanol–water partition coefficient (Wildman–Crippen LogP) is 4.48. The molecule has 3 aromatic rings. The van der Waals surface area contributed by atoms with Crippen molar-refractivity contribution in [2.45, 2.75) is 20.8 Å². The number of hydrogen-bond acceptors (Lipinski definition) is 1. The SMILES string of the molecule is Cc1ccc2c(c1)P(c1ccccc1)c1cc(C)c(C)cc1O2. The van der Waals surface area contributed by atoms with Crippen LogP contribution in [0.5, 0.6) is 11.5 Å². The molecule has 1 aliphatic rings. The highest BCUT2D eigenvalue weighted by atomic mass is 31.1. The summed E-state index contributed by atoms with van der Waals surface area (Å²) in [5, 5.41) is 4.02. The van der Waals surface area contributed by atoms with Gasteiger partial charge in [-0.2, -0.15) is 0 Å². The summed E-state index contributed by atoms with van der Waals surface area (Å²) >= 11 is 0. The fraction of sp³-hybridized carbons (Fsp3) is 0.143. The van der Waals surface area contributed by atoms with Gasteiger partial charge in [0.25, 0.3) is 0 Å². The van der Waals surface area contributed by atoms with Crippen molar-refractivity contribution >= 4 is 23.8 Å². The molecule has 0 amide bonds. The first-order valence-electron chi connectivity index (χ1n) is 7.88. The van der Waals surface area contributed by atoms with E-state index in [1.54, 1.807) is 0 Å². The van der Waals surface area contributed by atoms with Crippen molar-refractivity contribution in [1.29, 1.82) is 0 Å². The molecule has 0 saturated heterocycles. The molecule has 0 spiro atoms. The summed E-state index contributed by atoms with van der Waals surface area (Å²) in [4.78, 5) is 0. The molecule has 1 aliphatic heterocycles. The van der Waals surface area contributed by atoms with Crippen molar-refractivity contribution in [1.82, 2.24) is 0 Å². The summed E-state index contributed by atoms with van der Waals surface area (Å²) < 4.78 is 6.24. The van der Waals surface area contributed by atoms with E-state index in [-0.39, 0.29) is 0 Å². The molecule has 1 atom stereocenters. The summed E-state index contributed by atoms with van der Waals surface area (Å²) in [5.41, 5.74) is 3.89. The molecule has 114 valence electrons. The topological polar surface area (TPSA) is 9.23 Å². The molecule has 1 nitrogen and oxygen atoms in total. The van der Waals surface area contributed by atoms with Crippen LogP contribution in [0.15, 0.2) is 60.7 Å². The van der Waals surface area contributed by atoms with Gasteiger partial charge in [-0.15, -0.1) is 0 Å². The van der Waals surface area contributed by atoms with Crippen molar-refractivity contribution in [2.75, 3.05) is 0 Å². The lowest BCUT2D eigenvalue weighted by Crippen LogP contribution is -2.27. The fourth-order valence-electron chi connectivity index (χ4n) is 3.02. The smallest absolute Gasteiger partial charge is 0.136 e. The third kappa shape index (κ3) is 2.46. The zero-order valence-electron chi connectivity index (χ0n) is 13.6. The number of hydrogen-bond donors (Lipinski definition) is 0. The standard InChI is InChI=1S/C21H19OP/c1-14-9-10-18-20(11-14)23(17-7-5-4-6-8-17)21-13-16(3)15(2)12-19(21)22-18/h4-13H,1-3H3. The van der Waals surface area contributed by atoms with E-state index >= 15 is 0 Å². The minimum atomic E-state index is -0.568. The average Bonchev–Trinajstić information content (AvgIpc) is 2.55. The number of rotatable bonds is 1. The molecule has 0 N–H and O–H groups in total. The maximum Gasteiger partial charge on any atom is 0.136 e. The van der Waals surface area contributed by atoms with Crippen molar-refractivity contribution in [3.63, 3.8) is 0 Å². The second kappa shape index (κ2) is 5.51. The third-order valence-electron chi connectivity index (χ3n) is 4.41. The molecule has 3 aromatic carbocycles. The Kier molecular flexibility index (Phi) is 3.47. The quantitative estimate of drug-likeness (QED) is 0.470. The number of ether oxygens (including phenoxy) is 1. The first-order valence-corrected chi connectivity index (χ1v) is 9.22. The van der Waals surface area contributed by atoms with Crippen LogP contribution in [0, 0.1) is 20.8 Å². The number of benzene rings is 3. The third-order valence-corrected chi connectivity index (χ3v) is 6.88. The lowest BCUT2D eigenvalue weighted by Gasteiger charge is -2.30. The lowest BCUT2D eigenvalue weighted by molar-refractivity contribution is 0.488. The highest BCUT2D eigenvalue weighted by Crippen LogP contribution is 2.45. The molecule has 2 heteroatoms. The molecule has 1 heterocycles. The van der Waals surface area contributed by atoms with Gasteiger partial charge < -0.3 is 4.74 Å². The minimum absolute atomic E-state index is 0.568. The maximum atomic E-state index is 6.24. The molecule has 0 bridgehead atoms. The minimum Gasteiger partial charge on any atom is -0.456 e. The summed E-state index contributed by atoms with van der Waals surface area (Å²) in [6.45, 7) is 6.48. The van der Waals surface area contributed by atoms with Gasteiger partial charge in [0.2, 0.25) is 0 Å². The predicted molar refractivity (Wildman–Crippen MR) is 99.4 cm³/mol. The van der Waals surface area contributed by atoms with Crippen LogP contribution in [0.2, 0.25) is 0 Å². The molecular formula is C21H19OP. The summed E-state index contributed by atoms with van der Waals surface area (Å²) in [6.07, 6.45) is 0. The lowest BCUT2D eigenvalue weighted by atomic mass is 10.1. The normalized spacial score (nSPS) is 15.5. The van der Waals surface area contributed by atoms with E-state index in [1.807, 2.05) is 0 Å². The summed E-state index contributed by atoms with van der Waals surface area (Å²) in [7, 11) is -0.568. The van der Waals surface area contributed by atoms with Crippen LogP contribution in [0.4, 0.5) is 0 Å². The van der Waals surface area contributed by atoms with Crippen molar-refractivity contribution in [3.8, 4) is 11.5 Å². The molecule has 0 fully saturated rings. The number of aryl methyl sites for hydroxylation is 3. The van der Waals surface area contributed by atoms with Gasteiger partial charge in [0, 0.05) is 10.6 Å². The van der Waals surface area contributed by atoms with Crippen LogP contribution in [0.25, 0.3) is 0 Å². The van der Waals surface area contributed by atoms with E-state index in [0.717, 1.165) is 11.5 Å². The van der Waals surface area contributed by atoms with Crippen molar-refractivity contribution in [2.24, 2.45) is 0 Å². The largest absolute Gasteiger partial charge is 0.456 e. The average molecular weight is 318 g/mol. The van der Waals surface area contributed by atoms with Crippen molar-refractivity contribution < 1.29 is 4.74 Å². The van der Waals surface area contributed by atoms with Gasteiger partial charge in [-0.1, -0.05) is 42.0 Å². The molecular weight excluding hydrogens is 299 g/mol. The molecule has 23 heavy (non-hydrogen) atoms. The van der Waals surface area contributed by atoms with Crippen LogP contribution in [-0.4, -0.2) is 0 Å². The van der Waals surface area contributed by atoms with Gasteiger partial charge in [0.05, 0.1) is 0 Å². The Morgan fingerprint density at radius 1 is 0.696 bits per heavy atom. The van der Waals surface area contributed by atoms with E-state index in [4.69, 9.17) is 4.74 Å². The molecule has 4 rings (SSSR count). The first-order chi connectivity index (χ1) is 11.1. The van der Waals surface area contributed by atoms with Gasteiger partial charge in [0.1, 0.15) is 11.5 Å². The zero-order valence-corrected chi connectivity index (χ0v) is 14.5. The second-order valence-corrected chi connectivity index (χ2v) is 8.30. The van der Waals surface area contributed by atoms with E-state index < -0.39 is 7.92 Å². The molecule has 1 unspecified atom stereocenters. The van der Waals surface area contributed by atoms with Gasteiger partial charge in [0.15, 0.2) is 0 Å². The van der Waals surface area contributed by atoms with Crippen LogP contribution in [0.1, 0.15) is 16.7 Å². The fourth-order valence-corrected chi connectivity index (χ4v) is 5.64. The van der Waals surface area contributed by atoms with Gasteiger partial charge in [-0.25, -0.2) is 0 Å². The van der Waals surface area contributed by atoms with Gasteiger partial charge >= 0.3 is 0 Å². The van der Waals surface area contributed by atoms with Gasteiger partial charge in [-0.3, -0.25) is 0 Å². The van der Waals surface area contributed by atoms with Crippen LogP contribution < -0.4 is 20.7 Å². The molecule has 0 aromatic heterocycles. The highest BCUT2D eigenvalue weighted by molar-refractivity contribution is 7.80. The van der Waals surface area contributed by atoms with E-state index in [1.165, 1.54) is 32.6 Å². The Hall–Kier alpha value is -2.11. The Labute approximate surface area is 138 Å². The monoisotopic (exact) mass is 318 g/mol. The van der Waals surface area contributed by atoms with E-state index in [0.29, 0.717) is 0 Å². The van der Waals surface area contributed by atoms with Crippen LogP contribution in [-0.2, 0) is 0 Å². The van der Waals surface area contributed by atoms with Crippen LogP contribution >= 0.6 is 7.92 Å². The molecule has 0 aliphatic carbocycles. The molecule has 0 saturated carbocycles. The highest BCUT2D eigenvalue weighted by Gasteiger charge is 2.29. The Bertz CT molecular complexity index is 884. The van der Waals surface area contributed by atoms with Crippen LogP contribution in [0.3, 0.4) is 0 Å². The van der Waals surface area contributed by atoms with E-state index in [9.17, 15) is 0 Å². The summed E-state index contributed by atoms with van der Waals surface area (Å²) in [6, 6.07) is 21.8. The van der Waals surface area contributed by atoms with Gasteiger partial charge in [-0.05, 0) is 69.4 Å². The first kappa shape index (κ1) is 14.5. The van der Waals surface area contributed by atoms with E-state index in [2.05, 4.69) is 81.4 Å². The molecule has 0 radical (unpaired) electrons. The maximum absolute atomic E-state index is 6.24.